The quantitative estimate of drug-likeness (QED) is 0.499. The van der Waals surface area contributed by atoms with Crippen molar-refractivity contribution < 1.29 is 10.2 Å². The molecule has 2 N–H and O–H groups in total. The fourth-order valence-electron chi connectivity index (χ4n) is 3.44. The predicted molar refractivity (Wildman–Crippen MR) is 118 cm³/mol. The van der Waals surface area contributed by atoms with E-state index >= 15 is 0 Å². The van der Waals surface area contributed by atoms with Gasteiger partial charge in [-0.15, -0.1) is 0 Å². The average Bonchev–Trinajstić information content (AvgIpc) is 2.70. The highest BCUT2D eigenvalue weighted by atomic mass is 31.1. The van der Waals surface area contributed by atoms with Gasteiger partial charge in [0.1, 0.15) is 11.5 Å². The summed E-state index contributed by atoms with van der Waals surface area (Å²) in [4.78, 5) is 0. The third-order valence-corrected chi connectivity index (χ3v) is 7.17. The second-order valence-electron chi connectivity index (χ2n) is 6.67. The number of rotatable bonds is 5. The molecule has 0 aromatic heterocycles. The first-order valence-corrected chi connectivity index (χ1v) is 10.5. The first-order chi connectivity index (χ1) is 13.7. The van der Waals surface area contributed by atoms with Crippen LogP contribution >= 0.6 is 7.92 Å². The van der Waals surface area contributed by atoms with Gasteiger partial charge in [-0.2, -0.15) is 0 Å². The van der Waals surface area contributed by atoms with Crippen LogP contribution in [0.4, 0.5) is 0 Å². The zero-order chi connectivity index (χ0) is 19.3. The Morgan fingerprint density at radius 2 is 1.07 bits per heavy atom. The minimum atomic E-state index is -0.703. The Bertz CT molecular complexity index is 1000. The molecule has 0 amide bonds. The van der Waals surface area contributed by atoms with Gasteiger partial charge in [0.2, 0.25) is 0 Å². The lowest BCUT2D eigenvalue weighted by molar-refractivity contribution is 0.449. The van der Waals surface area contributed by atoms with Crippen molar-refractivity contribution in [3.63, 3.8) is 0 Å². The third-order valence-electron chi connectivity index (χ3n) is 4.62. The Morgan fingerprint density at radius 3 is 1.64 bits per heavy atom. The van der Waals surface area contributed by atoms with Crippen LogP contribution in [0.3, 0.4) is 0 Å². The number of aromatic hydroxyl groups is 2. The van der Waals surface area contributed by atoms with Crippen molar-refractivity contribution in [3.05, 3.63) is 114 Å². The van der Waals surface area contributed by atoms with E-state index in [0.29, 0.717) is 6.42 Å². The second-order valence-corrected chi connectivity index (χ2v) is 8.86. The first-order valence-electron chi connectivity index (χ1n) is 9.21. The molecule has 0 bridgehead atoms. The van der Waals surface area contributed by atoms with E-state index in [4.69, 9.17) is 0 Å². The highest BCUT2D eigenvalue weighted by Crippen LogP contribution is 2.35. The second kappa shape index (κ2) is 8.29. The maximum atomic E-state index is 9.85. The summed E-state index contributed by atoms with van der Waals surface area (Å²) in [6.07, 6.45) is 0.649. The van der Waals surface area contributed by atoms with Gasteiger partial charge < -0.3 is 10.2 Å². The summed E-state index contributed by atoms with van der Waals surface area (Å²) in [5, 5.41) is 23.6. The van der Waals surface area contributed by atoms with Crippen LogP contribution in [0.5, 0.6) is 11.5 Å². The highest BCUT2D eigenvalue weighted by Gasteiger charge is 2.19. The number of hydrogen-bond acceptors (Lipinski definition) is 2. The molecule has 0 heterocycles. The molecule has 0 aliphatic heterocycles. The molecule has 0 aliphatic carbocycles. The van der Waals surface area contributed by atoms with Crippen LogP contribution in [0.25, 0.3) is 0 Å². The Labute approximate surface area is 166 Å². The van der Waals surface area contributed by atoms with Crippen LogP contribution in [0.15, 0.2) is 103 Å². The van der Waals surface area contributed by atoms with E-state index in [2.05, 4.69) is 66.7 Å². The molecule has 4 rings (SSSR count). The van der Waals surface area contributed by atoms with E-state index < -0.39 is 7.92 Å². The van der Waals surface area contributed by atoms with Crippen molar-refractivity contribution in [3.8, 4) is 11.5 Å². The molecule has 2 nitrogen and oxygen atoms in total. The van der Waals surface area contributed by atoms with Gasteiger partial charge >= 0.3 is 0 Å². The fraction of sp³-hybridized carbons (Fsp3) is 0.0400. The molecular formula is C25H21O2P. The summed E-state index contributed by atoms with van der Waals surface area (Å²) >= 11 is 0. The molecule has 0 fully saturated rings. The van der Waals surface area contributed by atoms with Gasteiger partial charge in [-0.1, -0.05) is 84.9 Å². The maximum absolute atomic E-state index is 9.85. The van der Waals surface area contributed by atoms with Crippen LogP contribution in [-0.2, 0) is 6.42 Å². The molecular weight excluding hydrogens is 363 g/mol. The predicted octanol–water partition coefficient (Wildman–Crippen LogP) is 4.45. The van der Waals surface area contributed by atoms with Crippen molar-refractivity contribution in [1.29, 1.82) is 0 Å². The number of hydrogen-bond donors (Lipinski definition) is 2. The minimum absolute atomic E-state index is 0.0841. The van der Waals surface area contributed by atoms with Gasteiger partial charge in [0.05, 0.1) is 0 Å². The number of phenols is 2. The third kappa shape index (κ3) is 4.08. The summed E-state index contributed by atoms with van der Waals surface area (Å²) in [6.45, 7) is 0. The maximum Gasteiger partial charge on any atom is 0.119 e. The normalized spacial score (nSPS) is 10.9. The zero-order valence-corrected chi connectivity index (χ0v) is 16.3. The molecule has 0 radical (unpaired) electrons. The van der Waals surface area contributed by atoms with Crippen molar-refractivity contribution in [2.45, 2.75) is 6.42 Å². The van der Waals surface area contributed by atoms with Crippen LogP contribution in [-0.4, -0.2) is 10.2 Å². The monoisotopic (exact) mass is 384 g/mol. The zero-order valence-electron chi connectivity index (χ0n) is 15.4. The molecule has 0 aliphatic rings. The molecule has 0 saturated carbocycles. The summed E-state index contributed by atoms with van der Waals surface area (Å²) in [6, 6.07) is 34.4. The van der Waals surface area contributed by atoms with Crippen LogP contribution < -0.4 is 15.9 Å². The summed E-state index contributed by atoms with van der Waals surface area (Å²) in [5.74, 6) is 0.168. The molecule has 0 spiro atoms. The van der Waals surface area contributed by atoms with E-state index in [1.54, 1.807) is 12.1 Å². The highest BCUT2D eigenvalue weighted by molar-refractivity contribution is 7.79. The summed E-state index contributed by atoms with van der Waals surface area (Å²) < 4.78 is 0. The van der Waals surface area contributed by atoms with Gasteiger partial charge in [0.25, 0.3) is 0 Å². The SMILES string of the molecule is Oc1cc(O)cc(Cc2ccccc2P(c2ccccc2)c2ccccc2)c1. The Kier molecular flexibility index (Phi) is 5.41. The van der Waals surface area contributed by atoms with Crippen molar-refractivity contribution in [2.24, 2.45) is 0 Å². The lowest BCUT2D eigenvalue weighted by Crippen LogP contribution is -2.23. The van der Waals surface area contributed by atoms with E-state index in [0.717, 1.165) is 5.56 Å². The topological polar surface area (TPSA) is 40.5 Å². The average molecular weight is 384 g/mol. The van der Waals surface area contributed by atoms with Gasteiger partial charge in [-0.05, 0) is 53.5 Å². The van der Waals surface area contributed by atoms with Gasteiger partial charge in [0.15, 0.2) is 0 Å². The van der Waals surface area contributed by atoms with Crippen LogP contribution in [0.1, 0.15) is 11.1 Å². The lowest BCUT2D eigenvalue weighted by Gasteiger charge is -2.22. The molecule has 0 saturated heterocycles. The molecule has 4 aromatic carbocycles. The van der Waals surface area contributed by atoms with E-state index in [9.17, 15) is 10.2 Å². The molecule has 3 heteroatoms. The minimum Gasteiger partial charge on any atom is -0.508 e. The van der Waals surface area contributed by atoms with Crippen molar-refractivity contribution in [2.75, 3.05) is 0 Å². The number of benzene rings is 4. The molecule has 28 heavy (non-hydrogen) atoms. The van der Waals surface area contributed by atoms with Gasteiger partial charge in [-0.25, -0.2) is 0 Å². The van der Waals surface area contributed by atoms with Gasteiger partial charge in [-0.3, -0.25) is 0 Å². The van der Waals surface area contributed by atoms with Crippen molar-refractivity contribution in [1.82, 2.24) is 0 Å². The van der Waals surface area contributed by atoms with Crippen molar-refractivity contribution >= 4 is 23.8 Å². The van der Waals surface area contributed by atoms with Crippen LogP contribution in [0.2, 0.25) is 0 Å². The lowest BCUT2D eigenvalue weighted by atomic mass is 10.0. The molecule has 0 unspecified atom stereocenters. The largest absolute Gasteiger partial charge is 0.508 e. The van der Waals surface area contributed by atoms with E-state index in [-0.39, 0.29) is 11.5 Å². The molecule has 4 aromatic rings. The molecule has 0 atom stereocenters. The number of phenolic OH excluding ortho intramolecular Hbond substituents is 2. The first kappa shape index (κ1) is 18.3. The molecule has 138 valence electrons. The smallest absolute Gasteiger partial charge is 0.119 e. The fourth-order valence-corrected chi connectivity index (χ4v) is 5.91. The Hall–Kier alpha value is -3.09. The van der Waals surface area contributed by atoms with Gasteiger partial charge in [0, 0.05) is 6.07 Å². The Balaban J connectivity index is 1.82. The van der Waals surface area contributed by atoms with E-state index in [1.165, 1.54) is 27.5 Å². The van der Waals surface area contributed by atoms with Crippen LogP contribution in [0, 0.1) is 0 Å². The summed E-state index contributed by atoms with van der Waals surface area (Å²) in [7, 11) is -0.703. The Morgan fingerprint density at radius 1 is 0.571 bits per heavy atom. The standard InChI is InChI=1S/C25H21O2P/c26-21-16-19(17-22(27)18-21)15-20-9-7-8-14-25(20)28(23-10-3-1-4-11-23)24-12-5-2-6-13-24/h1-14,16-18,26-27H,15H2. The summed E-state index contributed by atoms with van der Waals surface area (Å²) in [5.41, 5.74) is 2.09. The van der Waals surface area contributed by atoms with E-state index in [1.807, 2.05) is 18.2 Å².